The Morgan fingerprint density at radius 2 is 1.91 bits per heavy atom. The van der Waals surface area contributed by atoms with Crippen LogP contribution in [-0.4, -0.2) is 66.5 Å². The minimum Gasteiger partial charge on any atom is -0.346 e. The van der Waals surface area contributed by atoms with Crippen LogP contribution in [0, 0.1) is 12.8 Å². The van der Waals surface area contributed by atoms with Crippen molar-refractivity contribution in [2.24, 2.45) is 5.92 Å². The van der Waals surface area contributed by atoms with E-state index in [9.17, 15) is 4.79 Å². The lowest BCUT2D eigenvalue weighted by Crippen LogP contribution is -2.49. The number of carbonyl (C=O) groups excluding carboxylic acids is 1. The monoisotopic (exact) mass is 322 g/mol. The van der Waals surface area contributed by atoms with Crippen molar-refractivity contribution in [3.8, 4) is 0 Å². The minimum atomic E-state index is 0.228. The van der Waals surface area contributed by atoms with Gasteiger partial charge in [0.1, 0.15) is 0 Å². The predicted octanol–water partition coefficient (Wildman–Crippen LogP) is 1.83. The molecule has 2 aliphatic heterocycles. The molecule has 0 N–H and O–H groups in total. The normalized spacial score (nSPS) is 21.4. The summed E-state index contributed by atoms with van der Waals surface area (Å²) < 4.78 is 0. The van der Waals surface area contributed by atoms with E-state index in [2.05, 4.69) is 27.1 Å². The average Bonchev–Trinajstić information content (AvgIpc) is 2.95. The van der Waals surface area contributed by atoms with Gasteiger partial charge < -0.3 is 9.80 Å². The first-order valence-corrected chi connectivity index (χ1v) is 9.15. The first-order chi connectivity index (χ1) is 10.6. The largest absolute Gasteiger partial charge is 0.346 e. The van der Waals surface area contributed by atoms with E-state index >= 15 is 0 Å². The summed E-state index contributed by atoms with van der Waals surface area (Å²) in [5.41, 5.74) is 1.12. The smallest absolute Gasteiger partial charge is 0.219 e. The van der Waals surface area contributed by atoms with Gasteiger partial charge in [-0.3, -0.25) is 9.69 Å². The topological polar surface area (TPSA) is 39.7 Å². The molecule has 0 spiro atoms. The summed E-state index contributed by atoms with van der Waals surface area (Å²) in [4.78, 5) is 22.9. The number of hydrogen-bond donors (Lipinski definition) is 0. The van der Waals surface area contributed by atoms with Gasteiger partial charge in [0.15, 0.2) is 5.13 Å². The maximum atomic E-state index is 11.4. The number of piperidine rings is 1. The van der Waals surface area contributed by atoms with Gasteiger partial charge in [-0.2, -0.15) is 0 Å². The molecule has 1 aromatic heterocycles. The summed E-state index contributed by atoms with van der Waals surface area (Å²) in [6, 6.07) is 0. The fraction of sp³-hybridized carbons (Fsp3) is 0.750. The van der Waals surface area contributed by atoms with Gasteiger partial charge in [-0.15, -0.1) is 11.3 Å². The van der Waals surface area contributed by atoms with Gasteiger partial charge in [0, 0.05) is 58.1 Å². The second-order valence-corrected chi connectivity index (χ2v) is 7.35. The lowest BCUT2D eigenvalue weighted by molar-refractivity contribution is -0.130. The van der Waals surface area contributed by atoms with Gasteiger partial charge in [-0.25, -0.2) is 4.98 Å². The summed E-state index contributed by atoms with van der Waals surface area (Å²) in [6.45, 7) is 11.2. The number of anilines is 1. The number of amides is 1. The van der Waals surface area contributed by atoms with Crippen LogP contribution in [0.4, 0.5) is 5.13 Å². The van der Waals surface area contributed by atoms with Crippen molar-refractivity contribution in [1.29, 1.82) is 0 Å². The molecule has 0 saturated carbocycles. The average molecular weight is 322 g/mol. The lowest BCUT2D eigenvalue weighted by Gasteiger charge is -2.38. The lowest BCUT2D eigenvalue weighted by atomic mass is 9.96. The zero-order valence-electron chi connectivity index (χ0n) is 13.6. The van der Waals surface area contributed by atoms with Crippen molar-refractivity contribution in [2.45, 2.75) is 26.7 Å². The van der Waals surface area contributed by atoms with Crippen LogP contribution in [-0.2, 0) is 4.79 Å². The number of hydrogen-bond acceptors (Lipinski definition) is 5. The number of aromatic nitrogens is 1. The molecule has 1 amide bonds. The van der Waals surface area contributed by atoms with Crippen LogP contribution in [0.25, 0.3) is 0 Å². The minimum absolute atomic E-state index is 0.228. The third-order valence-corrected chi connectivity index (χ3v) is 5.85. The Kier molecular flexibility index (Phi) is 4.98. The van der Waals surface area contributed by atoms with Crippen LogP contribution < -0.4 is 4.90 Å². The molecule has 3 rings (SSSR count). The molecule has 22 heavy (non-hydrogen) atoms. The van der Waals surface area contributed by atoms with Gasteiger partial charge >= 0.3 is 0 Å². The molecule has 6 heteroatoms. The fourth-order valence-electron chi connectivity index (χ4n) is 3.40. The second kappa shape index (κ2) is 6.96. The standard InChI is InChI=1S/C16H26N4OS/c1-13-12-22-16(17-13)20-9-7-18(8-10-20)11-15-3-5-19(6-4-15)14(2)21/h12,15H,3-11H2,1-2H3. The summed E-state index contributed by atoms with van der Waals surface area (Å²) in [5.74, 6) is 0.982. The molecule has 1 aromatic rings. The third-order valence-electron chi connectivity index (χ3n) is 4.83. The summed E-state index contributed by atoms with van der Waals surface area (Å²) in [6.07, 6.45) is 2.32. The Morgan fingerprint density at radius 3 is 2.45 bits per heavy atom. The Morgan fingerprint density at radius 1 is 1.23 bits per heavy atom. The molecule has 2 saturated heterocycles. The van der Waals surface area contributed by atoms with E-state index in [0.29, 0.717) is 0 Å². The molecule has 3 heterocycles. The molecule has 0 atom stereocenters. The van der Waals surface area contributed by atoms with E-state index in [4.69, 9.17) is 0 Å². The first kappa shape index (κ1) is 15.7. The molecule has 122 valence electrons. The second-order valence-electron chi connectivity index (χ2n) is 6.51. The van der Waals surface area contributed by atoms with E-state index in [-0.39, 0.29) is 5.91 Å². The Hall–Kier alpha value is -1.14. The molecular formula is C16H26N4OS. The zero-order chi connectivity index (χ0) is 15.5. The van der Waals surface area contributed by atoms with Gasteiger partial charge in [0.25, 0.3) is 0 Å². The summed E-state index contributed by atoms with van der Waals surface area (Å²) in [5, 5.41) is 3.30. The molecule has 0 radical (unpaired) electrons. The van der Waals surface area contributed by atoms with Gasteiger partial charge in [-0.1, -0.05) is 0 Å². The SMILES string of the molecule is CC(=O)N1CCC(CN2CCN(c3nc(C)cs3)CC2)CC1. The molecule has 0 unspecified atom stereocenters. The molecule has 0 aliphatic carbocycles. The number of nitrogens with zero attached hydrogens (tertiary/aromatic N) is 4. The first-order valence-electron chi connectivity index (χ1n) is 8.27. The molecule has 2 fully saturated rings. The predicted molar refractivity (Wildman–Crippen MR) is 90.5 cm³/mol. The Bertz CT molecular complexity index is 502. The molecule has 2 aliphatic rings. The number of rotatable bonds is 3. The Balaban J connectivity index is 1.42. The third kappa shape index (κ3) is 3.79. The fourth-order valence-corrected chi connectivity index (χ4v) is 4.26. The van der Waals surface area contributed by atoms with E-state index in [0.717, 1.165) is 63.7 Å². The highest BCUT2D eigenvalue weighted by atomic mass is 32.1. The highest BCUT2D eigenvalue weighted by Crippen LogP contribution is 2.23. The van der Waals surface area contributed by atoms with Crippen molar-refractivity contribution in [3.63, 3.8) is 0 Å². The maximum absolute atomic E-state index is 11.4. The van der Waals surface area contributed by atoms with Crippen molar-refractivity contribution in [1.82, 2.24) is 14.8 Å². The van der Waals surface area contributed by atoms with Crippen LogP contribution in [0.2, 0.25) is 0 Å². The molecule has 0 aromatic carbocycles. The van der Waals surface area contributed by atoms with E-state index in [1.165, 1.54) is 11.7 Å². The van der Waals surface area contributed by atoms with Crippen LogP contribution in [0.5, 0.6) is 0 Å². The quantitative estimate of drug-likeness (QED) is 0.851. The summed E-state index contributed by atoms with van der Waals surface area (Å²) >= 11 is 1.75. The number of piperazine rings is 1. The van der Waals surface area contributed by atoms with Crippen molar-refractivity contribution >= 4 is 22.4 Å². The van der Waals surface area contributed by atoms with Crippen molar-refractivity contribution in [2.75, 3.05) is 50.7 Å². The van der Waals surface area contributed by atoms with Crippen molar-refractivity contribution < 1.29 is 4.79 Å². The number of carbonyl (C=O) groups is 1. The van der Waals surface area contributed by atoms with Gasteiger partial charge in [0.05, 0.1) is 5.69 Å². The molecule has 0 bridgehead atoms. The number of thiazole rings is 1. The maximum Gasteiger partial charge on any atom is 0.219 e. The van der Waals surface area contributed by atoms with Crippen LogP contribution >= 0.6 is 11.3 Å². The molecule has 5 nitrogen and oxygen atoms in total. The van der Waals surface area contributed by atoms with Gasteiger partial charge in [-0.05, 0) is 25.7 Å². The van der Waals surface area contributed by atoms with Crippen LogP contribution in [0.15, 0.2) is 5.38 Å². The highest BCUT2D eigenvalue weighted by molar-refractivity contribution is 7.13. The highest BCUT2D eigenvalue weighted by Gasteiger charge is 2.25. The van der Waals surface area contributed by atoms with E-state index < -0.39 is 0 Å². The Labute approximate surface area is 136 Å². The van der Waals surface area contributed by atoms with E-state index in [1.807, 2.05) is 4.90 Å². The summed E-state index contributed by atoms with van der Waals surface area (Å²) in [7, 11) is 0. The zero-order valence-corrected chi connectivity index (χ0v) is 14.4. The van der Waals surface area contributed by atoms with Crippen molar-refractivity contribution in [3.05, 3.63) is 11.1 Å². The number of likely N-dealkylation sites (tertiary alicyclic amines) is 1. The number of aryl methyl sites for hydroxylation is 1. The van der Waals surface area contributed by atoms with Crippen LogP contribution in [0.1, 0.15) is 25.5 Å². The molecular weight excluding hydrogens is 296 g/mol. The van der Waals surface area contributed by atoms with Gasteiger partial charge in [0.2, 0.25) is 5.91 Å². The van der Waals surface area contributed by atoms with Crippen LogP contribution in [0.3, 0.4) is 0 Å². The van der Waals surface area contributed by atoms with E-state index in [1.54, 1.807) is 18.3 Å².